The number of nitrogens with zero attached hydrogens (tertiary/aromatic N) is 2. The van der Waals surface area contributed by atoms with Crippen LogP contribution in [0.2, 0.25) is 0 Å². The number of benzene rings is 3. The van der Waals surface area contributed by atoms with Gasteiger partial charge in [-0.3, -0.25) is 9.59 Å². The third-order valence-corrected chi connectivity index (χ3v) is 7.85. The van der Waals surface area contributed by atoms with Crippen LogP contribution in [0.1, 0.15) is 59.2 Å². The number of hydrogen-bond donors (Lipinski definition) is 1. The summed E-state index contributed by atoms with van der Waals surface area (Å²) in [5.74, 6) is 0.245. The predicted molar refractivity (Wildman–Crippen MR) is 149 cm³/mol. The second-order valence-electron chi connectivity index (χ2n) is 10.3. The molecule has 0 bridgehead atoms. The third-order valence-electron chi connectivity index (χ3n) is 7.85. The van der Waals surface area contributed by atoms with E-state index in [1.165, 1.54) is 12.8 Å². The number of nitrogens with one attached hydrogen (secondary N) is 1. The van der Waals surface area contributed by atoms with E-state index in [0.29, 0.717) is 0 Å². The molecule has 0 radical (unpaired) electrons. The normalized spacial score (nSPS) is 16.2. The van der Waals surface area contributed by atoms with Crippen LogP contribution in [0.15, 0.2) is 72.9 Å². The fourth-order valence-corrected chi connectivity index (χ4v) is 5.85. The van der Waals surface area contributed by atoms with Crippen LogP contribution in [-0.2, 0) is 0 Å². The molecular weight excluding hydrogens is 458 g/mol. The molecule has 1 N–H and O–H groups in total. The first-order valence-corrected chi connectivity index (χ1v) is 13.6. The molecule has 0 spiro atoms. The standard InChI is InChI=1S/C32H33N3O2/c36-31(34-17-3-1-4-18-34)25-11-7-9-23(21-25)27-13-14-28(30-29(27)15-16-33-30)24-10-8-12-26(22-24)32(37)35-19-5-2-6-20-35/h7-16,21-22,33H,1-6,17-20H2. The van der Waals surface area contributed by atoms with Crippen molar-refractivity contribution >= 4 is 22.7 Å². The van der Waals surface area contributed by atoms with E-state index in [1.54, 1.807) is 0 Å². The van der Waals surface area contributed by atoms with Gasteiger partial charge in [-0.25, -0.2) is 0 Å². The first-order chi connectivity index (χ1) is 18.2. The van der Waals surface area contributed by atoms with Gasteiger partial charge in [0.2, 0.25) is 0 Å². The minimum Gasteiger partial charge on any atom is -0.361 e. The lowest BCUT2D eigenvalue weighted by atomic mass is 9.94. The highest BCUT2D eigenvalue weighted by molar-refractivity contribution is 6.05. The Balaban J connectivity index is 1.33. The van der Waals surface area contributed by atoms with Crippen LogP contribution in [0.5, 0.6) is 0 Å². The highest BCUT2D eigenvalue weighted by Gasteiger charge is 2.21. The number of fused-ring (bicyclic) bond motifs is 1. The van der Waals surface area contributed by atoms with Gasteiger partial charge in [0.15, 0.2) is 0 Å². The summed E-state index contributed by atoms with van der Waals surface area (Å²) >= 11 is 0. The topological polar surface area (TPSA) is 56.4 Å². The Morgan fingerprint density at radius 1 is 0.595 bits per heavy atom. The molecule has 0 saturated carbocycles. The number of likely N-dealkylation sites (tertiary alicyclic amines) is 2. The summed E-state index contributed by atoms with van der Waals surface area (Å²) in [5, 5.41) is 1.10. The number of amides is 2. The molecule has 188 valence electrons. The molecule has 5 heteroatoms. The van der Waals surface area contributed by atoms with Gasteiger partial charge >= 0.3 is 0 Å². The lowest BCUT2D eigenvalue weighted by Crippen LogP contribution is -2.35. The van der Waals surface area contributed by atoms with Crippen molar-refractivity contribution in [3.05, 3.63) is 84.1 Å². The first-order valence-electron chi connectivity index (χ1n) is 13.6. The van der Waals surface area contributed by atoms with E-state index in [1.807, 2.05) is 52.4 Å². The van der Waals surface area contributed by atoms with Crippen LogP contribution in [0, 0.1) is 0 Å². The zero-order valence-electron chi connectivity index (χ0n) is 21.2. The number of H-pyrrole nitrogens is 1. The molecular formula is C32H33N3O2. The van der Waals surface area contributed by atoms with Crippen molar-refractivity contribution in [2.24, 2.45) is 0 Å². The zero-order valence-corrected chi connectivity index (χ0v) is 21.2. The van der Waals surface area contributed by atoms with Gasteiger partial charge in [0.25, 0.3) is 11.8 Å². The molecule has 2 aliphatic heterocycles. The van der Waals surface area contributed by atoms with Crippen molar-refractivity contribution in [3.8, 4) is 22.3 Å². The summed E-state index contributed by atoms with van der Waals surface area (Å²) in [6.07, 6.45) is 8.71. The number of aromatic amines is 1. The number of rotatable bonds is 4. The monoisotopic (exact) mass is 491 g/mol. The van der Waals surface area contributed by atoms with E-state index in [9.17, 15) is 9.59 Å². The Hall–Kier alpha value is -3.86. The quantitative estimate of drug-likeness (QED) is 0.343. The van der Waals surface area contributed by atoms with Crippen molar-refractivity contribution in [1.82, 2.24) is 14.8 Å². The van der Waals surface area contributed by atoms with E-state index >= 15 is 0 Å². The molecule has 3 aromatic carbocycles. The lowest BCUT2D eigenvalue weighted by Gasteiger charge is -2.27. The molecule has 2 amide bonds. The van der Waals surface area contributed by atoms with E-state index in [2.05, 4.69) is 35.3 Å². The highest BCUT2D eigenvalue weighted by Crippen LogP contribution is 2.36. The van der Waals surface area contributed by atoms with Gasteiger partial charge in [-0.05, 0) is 85.5 Å². The number of carbonyl (C=O) groups excluding carboxylic acids is 2. The van der Waals surface area contributed by atoms with Gasteiger partial charge in [-0.1, -0.05) is 36.4 Å². The smallest absolute Gasteiger partial charge is 0.253 e. The summed E-state index contributed by atoms with van der Waals surface area (Å²) in [7, 11) is 0. The fraction of sp³-hybridized carbons (Fsp3) is 0.312. The van der Waals surface area contributed by atoms with Crippen molar-refractivity contribution in [2.75, 3.05) is 26.2 Å². The van der Waals surface area contributed by atoms with Gasteiger partial charge in [0.1, 0.15) is 0 Å². The highest BCUT2D eigenvalue weighted by atomic mass is 16.2. The number of aromatic nitrogens is 1. The van der Waals surface area contributed by atoms with Crippen LogP contribution in [-0.4, -0.2) is 52.8 Å². The van der Waals surface area contributed by atoms with Gasteiger partial charge in [-0.2, -0.15) is 0 Å². The van der Waals surface area contributed by atoms with Gasteiger partial charge in [-0.15, -0.1) is 0 Å². The molecule has 2 aliphatic rings. The molecule has 3 heterocycles. The molecule has 2 fully saturated rings. The van der Waals surface area contributed by atoms with Crippen LogP contribution in [0.3, 0.4) is 0 Å². The summed E-state index contributed by atoms with van der Waals surface area (Å²) in [5.41, 5.74) is 6.74. The SMILES string of the molecule is O=C(c1cccc(-c2ccc(-c3cccc(C(=O)N4CCCCC4)c3)c3[nH]ccc23)c1)N1CCCCC1. The van der Waals surface area contributed by atoms with Crippen molar-refractivity contribution in [3.63, 3.8) is 0 Å². The van der Waals surface area contributed by atoms with Crippen molar-refractivity contribution < 1.29 is 9.59 Å². The fourth-order valence-electron chi connectivity index (χ4n) is 5.85. The summed E-state index contributed by atoms with van der Waals surface area (Å²) in [6, 6.07) is 22.3. The molecule has 0 unspecified atom stereocenters. The van der Waals surface area contributed by atoms with Gasteiger partial charge in [0, 0.05) is 54.5 Å². The Morgan fingerprint density at radius 3 is 1.68 bits per heavy atom. The second kappa shape index (κ2) is 10.3. The van der Waals surface area contributed by atoms with E-state index in [4.69, 9.17) is 0 Å². The van der Waals surface area contributed by atoms with Gasteiger partial charge in [0.05, 0.1) is 5.52 Å². The largest absolute Gasteiger partial charge is 0.361 e. The molecule has 0 atom stereocenters. The molecule has 4 aromatic rings. The van der Waals surface area contributed by atoms with E-state index < -0.39 is 0 Å². The molecule has 6 rings (SSSR count). The van der Waals surface area contributed by atoms with Crippen LogP contribution >= 0.6 is 0 Å². The maximum atomic E-state index is 13.1. The number of hydrogen-bond acceptors (Lipinski definition) is 2. The summed E-state index contributed by atoms with van der Waals surface area (Å²) < 4.78 is 0. The molecule has 1 aromatic heterocycles. The van der Waals surface area contributed by atoms with Crippen LogP contribution < -0.4 is 0 Å². The Bertz CT molecular complexity index is 1330. The number of piperidine rings is 2. The van der Waals surface area contributed by atoms with Crippen LogP contribution in [0.25, 0.3) is 33.2 Å². The molecule has 2 saturated heterocycles. The maximum absolute atomic E-state index is 13.1. The average molecular weight is 492 g/mol. The maximum Gasteiger partial charge on any atom is 0.253 e. The van der Waals surface area contributed by atoms with Crippen LogP contribution in [0.4, 0.5) is 0 Å². The first kappa shape index (κ1) is 23.5. The van der Waals surface area contributed by atoms with E-state index in [-0.39, 0.29) is 11.8 Å². The lowest BCUT2D eigenvalue weighted by molar-refractivity contribution is 0.0717. The summed E-state index contributed by atoms with van der Waals surface area (Å²) in [4.78, 5) is 33.6. The minimum absolute atomic E-state index is 0.121. The zero-order chi connectivity index (χ0) is 25.2. The van der Waals surface area contributed by atoms with Crippen molar-refractivity contribution in [2.45, 2.75) is 38.5 Å². The Morgan fingerprint density at radius 2 is 1.11 bits per heavy atom. The van der Waals surface area contributed by atoms with Crippen molar-refractivity contribution in [1.29, 1.82) is 0 Å². The van der Waals surface area contributed by atoms with Gasteiger partial charge < -0.3 is 14.8 Å². The Labute approximate surface area is 218 Å². The molecule has 0 aliphatic carbocycles. The van der Waals surface area contributed by atoms with E-state index in [0.717, 1.165) is 96.1 Å². The Kier molecular flexibility index (Phi) is 6.52. The predicted octanol–water partition coefficient (Wildman–Crippen LogP) is 6.75. The summed E-state index contributed by atoms with van der Waals surface area (Å²) in [6.45, 7) is 3.38. The minimum atomic E-state index is 0.121. The molecule has 37 heavy (non-hydrogen) atoms. The second-order valence-corrected chi connectivity index (χ2v) is 10.3. The number of carbonyl (C=O) groups is 2. The molecule has 5 nitrogen and oxygen atoms in total. The third kappa shape index (κ3) is 4.66. The average Bonchev–Trinajstić information content (AvgIpc) is 3.47.